The van der Waals surface area contributed by atoms with Gasteiger partial charge in [-0.15, -0.1) is 0 Å². The van der Waals surface area contributed by atoms with Crippen molar-refractivity contribution in [2.75, 3.05) is 0 Å². The summed E-state index contributed by atoms with van der Waals surface area (Å²) >= 11 is 5.85. The molecule has 2 rings (SSSR count). The van der Waals surface area contributed by atoms with Crippen LogP contribution in [0.3, 0.4) is 0 Å². The fourth-order valence-corrected chi connectivity index (χ4v) is 3.32. The van der Waals surface area contributed by atoms with Gasteiger partial charge in [0.05, 0.1) is 0 Å². The largest absolute Gasteiger partial charge is 0.349 e. The lowest BCUT2D eigenvalue weighted by molar-refractivity contribution is -0.125. The lowest BCUT2D eigenvalue weighted by Gasteiger charge is -2.21. The molecule has 1 atom stereocenters. The summed E-state index contributed by atoms with van der Waals surface area (Å²) in [6, 6.07) is 6.81. The molecule has 0 spiro atoms. The average molecular weight is 377 g/mol. The minimum Gasteiger partial charge on any atom is -0.349 e. The molecule has 1 fully saturated rings. The molecule has 1 unspecified atom stereocenters. The molecule has 5 heteroatoms. The Morgan fingerprint density at radius 2 is 1.85 bits per heavy atom. The number of allylic oxidation sites excluding steroid dienone is 1. The van der Waals surface area contributed by atoms with Crippen LogP contribution in [0.5, 0.6) is 0 Å². The van der Waals surface area contributed by atoms with E-state index in [1.165, 1.54) is 6.42 Å². The normalized spacial score (nSPS) is 16.8. The van der Waals surface area contributed by atoms with Crippen molar-refractivity contribution in [1.29, 1.82) is 0 Å². The zero-order valence-corrected chi connectivity index (χ0v) is 16.4. The highest BCUT2D eigenvalue weighted by Gasteiger charge is 2.21. The summed E-state index contributed by atoms with van der Waals surface area (Å²) in [7, 11) is 0. The van der Waals surface area contributed by atoms with Gasteiger partial charge in [-0.2, -0.15) is 0 Å². The first-order valence-electron chi connectivity index (χ1n) is 9.56. The van der Waals surface area contributed by atoms with E-state index in [0.29, 0.717) is 17.0 Å². The molecular formula is C21H29ClN2O2. The van der Waals surface area contributed by atoms with Crippen LogP contribution < -0.4 is 10.6 Å². The van der Waals surface area contributed by atoms with E-state index in [1.807, 2.05) is 19.9 Å². The molecule has 2 amide bonds. The van der Waals surface area contributed by atoms with E-state index >= 15 is 0 Å². The van der Waals surface area contributed by atoms with Crippen molar-refractivity contribution >= 4 is 23.4 Å². The molecule has 0 aliphatic heterocycles. The van der Waals surface area contributed by atoms with Gasteiger partial charge in [0.25, 0.3) is 5.91 Å². The van der Waals surface area contributed by atoms with Gasteiger partial charge in [0.15, 0.2) is 0 Å². The van der Waals surface area contributed by atoms with Gasteiger partial charge < -0.3 is 10.6 Å². The van der Waals surface area contributed by atoms with E-state index in [1.54, 1.807) is 24.3 Å². The van der Waals surface area contributed by atoms with Crippen LogP contribution in [-0.4, -0.2) is 17.9 Å². The second kappa shape index (κ2) is 10.4. The average Bonchev–Trinajstić information content (AvgIpc) is 2.66. The molecule has 1 aliphatic rings. The van der Waals surface area contributed by atoms with E-state index < -0.39 is 0 Å². The second-order valence-electron chi connectivity index (χ2n) is 7.02. The van der Waals surface area contributed by atoms with Gasteiger partial charge in [-0.05, 0) is 56.9 Å². The van der Waals surface area contributed by atoms with Crippen molar-refractivity contribution in [2.45, 2.75) is 64.8 Å². The molecule has 0 bridgehead atoms. The number of amides is 2. The van der Waals surface area contributed by atoms with Gasteiger partial charge in [-0.25, -0.2) is 0 Å². The molecule has 0 heterocycles. The summed E-state index contributed by atoms with van der Waals surface area (Å²) in [5, 5.41) is 6.66. The van der Waals surface area contributed by atoms with Crippen LogP contribution in [0.15, 0.2) is 36.0 Å². The van der Waals surface area contributed by atoms with Gasteiger partial charge in [-0.3, -0.25) is 9.59 Å². The zero-order valence-electron chi connectivity index (χ0n) is 15.7. The van der Waals surface area contributed by atoms with Crippen LogP contribution in [-0.2, 0) is 4.79 Å². The Balaban J connectivity index is 1.83. The minimum atomic E-state index is -0.119. The molecule has 0 saturated heterocycles. The topological polar surface area (TPSA) is 58.2 Å². The summed E-state index contributed by atoms with van der Waals surface area (Å²) in [5.74, 6) is 0.184. The van der Waals surface area contributed by atoms with Crippen molar-refractivity contribution in [3.8, 4) is 0 Å². The summed E-state index contributed by atoms with van der Waals surface area (Å²) in [5.41, 5.74) is 1.53. The van der Waals surface area contributed by atoms with Crippen molar-refractivity contribution in [1.82, 2.24) is 10.6 Å². The monoisotopic (exact) mass is 376 g/mol. The van der Waals surface area contributed by atoms with E-state index in [2.05, 4.69) is 10.6 Å². The predicted molar refractivity (Wildman–Crippen MR) is 106 cm³/mol. The molecule has 0 radical (unpaired) electrons. The third kappa shape index (κ3) is 6.49. The van der Waals surface area contributed by atoms with E-state index in [0.717, 1.165) is 37.8 Å². The van der Waals surface area contributed by atoms with Gasteiger partial charge in [0, 0.05) is 28.2 Å². The van der Waals surface area contributed by atoms with Crippen LogP contribution in [0, 0.1) is 5.92 Å². The minimum absolute atomic E-state index is 0.0219. The number of carbonyl (C=O) groups is 2. The molecule has 1 aromatic carbocycles. The molecular weight excluding hydrogens is 348 g/mol. The third-order valence-corrected chi connectivity index (χ3v) is 5.09. The fourth-order valence-electron chi connectivity index (χ4n) is 3.20. The number of hydrogen-bond acceptors (Lipinski definition) is 2. The molecule has 1 aliphatic carbocycles. The van der Waals surface area contributed by atoms with Crippen molar-refractivity contribution < 1.29 is 9.59 Å². The maximum absolute atomic E-state index is 12.4. The lowest BCUT2D eigenvalue weighted by Crippen LogP contribution is -2.33. The van der Waals surface area contributed by atoms with Gasteiger partial charge in [-0.1, -0.05) is 43.9 Å². The molecule has 1 saturated carbocycles. The predicted octanol–water partition coefficient (Wildman–Crippen LogP) is 4.84. The smallest absolute Gasteiger partial charge is 0.251 e. The van der Waals surface area contributed by atoms with Crippen molar-refractivity contribution in [3.63, 3.8) is 0 Å². The van der Waals surface area contributed by atoms with E-state index in [-0.39, 0.29) is 23.8 Å². The van der Waals surface area contributed by atoms with Crippen LogP contribution in [0.1, 0.15) is 69.2 Å². The Bertz CT molecular complexity index is 634. The summed E-state index contributed by atoms with van der Waals surface area (Å²) in [6.45, 7) is 3.99. The Morgan fingerprint density at radius 3 is 2.46 bits per heavy atom. The highest BCUT2D eigenvalue weighted by Crippen LogP contribution is 2.24. The van der Waals surface area contributed by atoms with Gasteiger partial charge in [0.2, 0.25) is 5.91 Å². The highest BCUT2D eigenvalue weighted by molar-refractivity contribution is 6.30. The SMILES string of the molecule is CC/C(=C\CC(C)NC(=O)c1ccc(Cl)cc1)NC(=O)C1CCCCC1. The quantitative estimate of drug-likeness (QED) is 0.715. The number of benzene rings is 1. The van der Waals surface area contributed by atoms with Crippen LogP contribution in [0.2, 0.25) is 5.02 Å². The molecule has 1 aromatic rings. The maximum Gasteiger partial charge on any atom is 0.251 e. The maximum atomic E-state index is 12.4. The molecule has 4 nitrogen and oxygen atoms in total. The number of rotatable bonds is 7. The molecule has 142 valence electrons. The highest BCUT2D eigenvalue weighted by atomic mass is 35.5. The fraction of sp³-hybridized carbons (Fsp3) is 0.524. The number of carbonyl (C=O) groups excluding carboxylic acids is 2. The number of nitrogens with one attached hydrogen (secondary N) is 2. The number of halogens is 1. The Kier molecular flexibility index (Phi) is 8.17. The lowest BCUT2D eigenvalue weighted by atomic mass is 9.88. The standard InChI is InChI=1S/C21H29ClN2O2/c1-3-19(24-21(26)16-7-5-4-6-8-16)14-9-15(2)23-20(25)17-10-12-18(22)13-11-17/h10-16H,3-9H2,1-2H3,(H,23,25)(H,24,26)/b19-14+. The van der Waals surface area contributed by atoms with E-state index in [9.17, 15) is 9.59 Å². The summed E-state index contributed by atoms with van der Waals surface area (Å²) in [6.07, 6.45) is 9.00. The summed E-state index contributed by atoms with van der Waals surface area (Å²) in [4.78, 5) is 24.6. The Hall–Kier alpha value is -1.81. The van der Waals surface area contributed by atoms with E-state index in [4.69, 9.17) is 11.6 Å². The number of hydrogen-bond donors (Lipinski definition) is 2. The van der Waals surface area contributed by atoms with Gasteiger partial charge >= 0.3 is 0 Å². The first-order chi connectivity index (χ1) is 12.5. The molecule has 2 N–H and O–H groups in total. The summed E-state index contributed by atoms with van der Waals surface area (Å²) < 4.78 is 0. The van der Waals surface area contributed by atoms with Gasteiger partial charge in [0.1, 0.15) is 0 Å². The van der Waals surface area contributed by atoms with Crippen molar-refractivity contribution in [2.24, 2.45) is 5.92 Å². The third-order valence-electron chi connectivity index (χ3n) is 4.84. The Morgan fingerprint density at radius 1 is 1.19 bits per heavy atom. The Labute approximate surface area is 161 Å². The zero-order chi connectivity index (χ0) is 18.9. The first-order valence-corrected chi connectivity index (χ1v) is 9.93. The van der Waals surface area contributed by atoms with Crippen LogP contribution in [0.4, 0.5) is 0 Å². The molecule has 26 heavy (non-hydrogen) atoms. The van der Waals surface area contributed by atoms with Crippen molar-refractivity contribution in [3.05, 3.63) is 46.6 Å². The second-order valence-corrected chi connectivity index (χ2v) is 7.46. The van der Waals surface area contributed by atoms with Crippen LogP contribution in [0.25, 0.3) is 0 Å². The molecule has 0 aromatic heterocycles. The van der Waals surface area contributed by atoms with Crippen LogP contribution >= 0.6 is 11.6 Å². The first kappa shape index (κ1) is 20.5.